The van der Waals surface area contributed by atoms with Gasteiger partial charge in [0.25, 0.3) is 0 Å². The number of ether oxygens (including phenoxy) is 3. The van der Waals surface area contributed by atoms with Crippen molar-refractivity contribution in [3.8, 4) is 0 Å². The van der Waals surface area contributed by atoms with Crippen LogP contribution in [0.1, 0.15) is 303 Å². The van der Waals surface area contributed by atoms with Crippen molar-refractivity contribution in [1.82, 2.24) is 0 Å². The van der Waals surface area contributed by atoms with E-state index >= 15 is 0 Å². The van der Waals surface area contributed by atoms with Crippen LogP contribution in [-0.2, 0) is 28.6 Å². The van der Waals surface area contributed by atoms with Crippen molar-refractivity contribution in [3.63, 3.8) is 0 Å². The van der Waals surface area contributed by atoms with E-state index < -0.39 is 6.10 Å². The van der Waals surface area contributed by atoms with E-state index in [1.165, 1.54) is 128 Å². The number of carbonyl (C=O) groups is 3. The molecule has 6 heteroatoms. The fraction of sp³-hybridized carbons (Fsp3) is 0.685. The van der Waals surface area contributed by atoms with E-state index in [-0.39, 0.29) is 31.1 Å². The molecule has 0 saturated heterocycles. The van der Waals surface area contributed by atoms with Crippen LogP contribution >= 0.6 is 0 Å². The van der Waals surface area contributed by atoms with E-state index in [9.17, 15) is 14.4 Å². The highest BCUT2D eigenvalue weighted by Crippen LogP contribution is 2.16. The quantitative estimate of drug-likeness (QED) is 0.0261. The van der Waals surface area contributed by atoms with Crippen LogP contribution < -0.4 is 0 Å². The van der Waals surface area contributed by atoms with Crippen LogP contribution in [0.5, 0.6) is 0 Å². The zero-order valence-corrected chi connectivity index (χ0v) is 51.6. The van der Waals surface area contributed by atoms with Gasteiger partial charge < -0.3 is 14.2 Å². The van der Waals surface area contributed by atoms with E-state index in [4.69, 9.17) is 14.2 Å². The molecule has 0 heterocycles. The van der Waals surface area contributed by atoms with Crippen molar-refractivity contribution in [3.05, 3.63) is 122 Å². The highest BCUT2D eigenvalue weighted by molar-refractivity contribution is 5.71. The van der Waals surface area contributed by atoms with Crippen LogP contribution in [0.25, 0.3) is 0 Å². The van der Waals surface area contributed by atoms with Crippen LogP contribution in [0.3, 0.4) is 0 Å². The predicted octanol–water partition coefficient (Wildman–Crippen LogP) is 22.8. The fourth-order valence-electron chi connectivity index (χ4n) is 9.04. The van der Waals surface area contributed by atoms with Crippen LogP contribution in [0.15, 0.2) is 122 Å². The van der Waals surface area contributed by atoms with Crippen LogP contribution in [0, 0.1) is 0 Å². The average molecular weight is 1100 g/mol. The number of unbranched alkanes of at least 4 members (excludes halogenated alkanes) is 28. The van der Waals surface area contributed by atoms with E-state index in [2.05, 4.69) is 142 Å². The van der Waals surface area contributed by atoms with Crippen molar-refractivity contribution in [1.29, 1.82) is 0 Å². The van der Waals surface area contributed by atoms with Gasteiger partial charge in [0.1, 0.15) is 13.2 Å². The topological polar surface area (TPSA) is 78.9 Å². The molecular formula is C73H122O6. The molecule has 0 radical (unpaired) electrons. The second kappa shape index (κ2) is 66.3. The summed E-state index contributed by atoms with van der Waals surface area (Å²) >= 11 is 0. The Bertz CT molecular complexity index is 1640. The molecule has 6 nitrogen and oxygen atoms in total. The van der Waals surface area contributed by atoms with Crippen LogP contribution in [0.4, 0.5) is 0 Å². The van der Waals surface area contributed by atoms with Gasteiger partial charge in [-0.3, -0.25) is 14.4 Å². The average Bonchev–Trinajstić information content (AvgIpc) is 3.45. The lowest BCUT2D eigenvalue weighted by Gasteiger charge is -2.18. The Balaban J connectivity index is 4.25. The van der Waals surface area contributed by atoms with Gasteiger partial charge in [-0.2, -0.15) is 0 Å². The number of rotatable bonds is 59. The fourth-order valence-corrected chi connectivity index (χ4v) is 9.04. The van der Waals surface area contributed by atoms with Crippen molar-refractivity contribution in [2.45, 2.75) is 309 Å². The van der Waals surface area contributed by atoms with E-state index in [1.54, 1.807) is 0 Å². The first kappa shape index (κ1) is 74.8. The van der Waals surface area contributed by atoms with Gasteiger partial charge in [-0.1, -0.05) is 277 Å². The minimum atomic E-state index is -0.806. The molecule has 1 unspecified atom stereocenters. The first-order chi connectivity index (χ1) is 39.0. The lowest BCUT2D eigenvalue weighted by molar-refractivity contribution is -0.167. The normalized spacial score (nSPS) is 12.9. The third-order valence-electron chi connectivity index (χ3n) is 13.9. The molecule has 0 aliphatic rings. The van der Waals surface area contributed by atoms with Crippen molar-refractivity contribution in [2.75, 3.05) is 13.2 Å². The molecule has 0 fully saturated rings. The molecule has 0 bridgehead atoms. The summed E-state index contributed by atoms with van der Waals surface area (Å²) in [5.41, 5.74) is 0. The van der Waals surface area contributed by atoms with E-state index in [0.717, 1.165) is 135 Å². The summed E-state index contributed by atoms with van der Waals surface area (Å²) < 4.78 is 16.9. The maximum Gasteiger partial charge on any atom is 0.306 e. The molecule has 79 heavy (non-hydrogen) atoms. The maximum atomic E-state index is 12.9. The monoisotopic (exact) mass is 1090 g/mol. The highest BCUT2D eigenvalue weighted by atomic mass is 16.6. The molecule has 0 N–H and O–H groups in total. The van der Waals surface area contributed by atoms with Gasteiger partial charge in [0.05, 0.1) is 0 Å². The second-order valence-electron chi connectivity index (χ2n) is 21.6. The molecule has 0 spiro atoms. The van der Waals surface area contributed by atoms with Gasteiger partial charge >= 0.3 is 17.9 Å². The molecule has 0 aliphatic heterocycles. The Hall–Kier alpha value is -4.19. The SMILES string of the molecule is CC/C=C\C/C=C\C/C=C\C/C=C\CCCCCCC(=O)OC(COC(=O)CCCCC/C=C\C/C=C\C/C=C\CC)COC(=O)CCCCCCCCCCCCCCCCCC/C=C\C/C=C\C/C=C\CCCCCCC. The summed E-state index contributed by atoms with van der Waals surface area (Å²) in [4.78, 5) is 38.3. The molecule has 0 aromatic heterocycles. The van der Waals surface area contributed by atoms with Gasteiger partial charge in [0.15, 0.2) is 6.10 Å². The Morgan fingerprint density at radius 2 is 0.494 bits per heavy atom. The lowest BCUT2D eigenvalue weighted by atomic mass is 10.0. The Morgan fingerprint density at radius 1 is 0.266 bits per heavy atom. The molecule has 0 aromatic rings. The molecule has 1 atom stereocenters. The van der Waals surface area contributed by atoms with Crippen molar-refractivity contribution < 1.29 is 28.6 Å². The van der Waals surface area contributed by atoms with Gasteiger partial charge in [0, 0.05) is 19.3 Å². The Morgan fingerprint density at radius 3 is 0.785 bits per heavy atom. The number of carbonyl (C=O) groups excluding carboxylic acids is 3. The third kappa shape index (κ3) is 64.5. The largest absolute Gasteiger partial charge is 0.462 e. The number of hydrogen-bond acceptors (Lipinski definition) is 6. The summed E-state index contributed by atoms with van der Waals surface area (Å²) in [5, 5.41) is 0. The Kier molecular flexibility index (Phi) is 62.8. The first-order valence-electron chi connectivity index (χ1n) is 33.0. The first-order valence-corrected chi connectivity index (χ1v) is 33.0. The summed E-state index contributed by atoms with van der Waals surface area (Å²) in [5.74, 6) is -0.949. The summed E-state index contributed by atoms with van der Waals surface area (Å²) in [6.45, 7) is 6.37. The molecule has 0 aromatic carbocycles. The third-order valence-corrected chi connectivity index (χ3v) is 13.9. The summed E-state index contributed by atoms with van der Waals surface area (Å²) in [6, 6.07) is 0. The van der Waals surface area contributed by atoms with E-state index in [0.29, 0.717) is 19.3 Å². The standard InChI is InChI=1S/C73H122O6/c1-4-7-10-13-16-19-22-25-27-29-30-31-32-33-34-35-36-37-38-39-40-41-42-44-45-48-51-54-57-60-63-66-72(75)78-69-70(68-77-71(74)65-62-59-56-53-50-47-24-21-18-15-12-9-6-3)79-73(76)67-64-61-58-55-52-49-46-43-28-26-23-20-17-14-11-8-5-2/h8-9,11-12,17-18,20-22,25-26,28-30,32-33,46-47,49-50,70H,4-7,10,13-16,19,23-24,27,31,34-45,48,51-69H2,1-3H3/b11-8-,12-9-,20-17-,21-18-,25-22-,28-26-,30-29-,33-32-,49-46-,50-47-. The van der Waals surface area contributed by atoms with Crippen LogP contribution in [0.2, 0.25) is 0 Å². The molecule has 450 valence electrons. The highest BCUT2D eigenvalue weighted by Gasteiger charge is 2.19. The number of esters is 3. The predicted molar refractivity (Wildman–Crippen MR) is 343 cm³/mol. The van der Waals surface area contributed by atoms with Gasteiger partial charge in [-0.25, -0.2) is 0 Å². The van der Waals surface area contributed by atoms with Crippen molar-refractivity contribution in [2.24, 2.45) is 0 Å². The van der Waals surface area contributed by atoms with Gasteiger partial charge in [0.2, 0.25) is 0 Å². The minimum Gasteiger partial charge on any atom is -0.462 e. The molecule has 0 rings (SSSR count). The smallest absolute Gasteiger partial charge is 0.306 e. The molecule has 0 aliphatic carbocycles. The van der Waals surface area contributed by atoms with E-state index in [1.807, 2.05) is 0 Å². The number of allylic oxidation sites excluding steroid dienone is 20. The second-order valence-corrected chi connectivity index (χ2v) is 21.6. The zero-order valence-electron chi connectivity index (χ0n) is 51.6. The Labute approximate surface area is 488 Å². The van der Waals surface area contributed by atoms with Crippen LogP contribution in [-0.4, -0.2) is 37.2 Å². The molecular weight excluding hydrogens is 973 g/mol. The van der Waals surface area contributed by atoms with Gasteiger partial charge in [-0.05, 0) is 128 Å². The molecule has 0 saturated carbocycles. The van der Waals surface area contributed by atoms with Gasteiger partial charge in [-0.15, -0.1) is 0 Å². The molecule has 0 amide bonds. The summed E-state index contributed by atoms with van der Waals surface area (Å²) in [7, 11) is 0. The maximum absolute atomic E-state index is 12.9. The summed E-state index contributed by atoms with van der Waals surface area (Å²) in [6.07, 6.45) is 92.3. The minimum absolute atomic E-state index is 0.0987. The number of hydrogen-bond donors (Lipinski definition) is 0. The zero-order chi connectivity index (χ0) is 57.1. The lowest BCUT2D eigenvalue weighted by Crippen LogP contribution is -2.30. The van der Waals surface area contributed by atoms with Crippen molar-refractivity contribution >= 4 is 17.9 Å².